The SMILES string of the molecule is COc1ccc(S(=O)(=O)Nc2cc(C(=O)O)cc(C(F)(F)F)c2)cc1Cl. The molecule has 0 saturated carbocycles. The smallest absolute Gasteiger partial charge is 0.416 e. The summed E-state index contributed by atoms with van der Waals surface area (Å²) in [6, 6.07) is 5.14. The first-order chi connectivity index (χ1) is 11.9. The summed E-state index contributed by atoms with van der Waals surface area (Å²) in [6.07, 6.45) is -4.85. The van der Waals surface area contributed by atoms with Crippen LogP contribution in [0.1, 0.15) is 15.9 Å². The third-order valence-electron chi connectivity index (χ3n) is 3.19. The average molecular weight is 410 g/mol. The number of carboxylic acid groups (broad SMARTS) is 1. The highest BCUT2D eigenvalue weighted by Crippen LogP contribution is 2.33. The van der Waals surface area contributed by atoms with Gasteiger partial charge < -0.3 is 9.84 Å². The predicted octanol–water partition coefficient (Wildman–Crippen LogP) is 3.87. The zero-order valence-electron chi connectivity index (χ0n) is 13.0. The minimum absolute atomic E-state index is 0.0226. The van der Waals surface area contributed by atoms with Crippen LogP contribution in [0.3, 0.4) is 0 Å². The van der Waals surface area contributed by atoms with Gasteiger partial charge in [0.15, 0.2) is 0 Å². The lowest BCUT2D eigenvalue weighted by Crippen LogP contribution is -2.15. The van der Waals surface area contributed by atoms with Gasteiger partial charge in [0, 0.05) is 0 Å². The summed E-state index contributed by atoms with van der Waals surface area (Å²) in [5.74, 6) is -1.43. The molecule has 0 saturated heterocycles. The van der Waals surface area contributed by atoms with Crippen molar-refractivity contribution in [1.29, 1.82) is 0 Å². The van der Waals surface area contributed by atoms with Gasteiger partial charge in [-0.25, -0.2) is 13.2 Å². The number of carbonyl (C=O) groups is 1. The third-order valence-corrected chi connectivity index (χ3v) is 4.87. The normalized spacial score (nSPS) is 11.9. The van der Waals surface area contributed by atoms with Gasteiger partial charge in [-0.05, 0) is 36.4 Å². The summed E-state index contributed by atoms with van der Waals surface area (Å²) in [5, 5.41) is 8.91. The molecule has 6 nitrogen and oxygen atoms in total. The number of ether oxygens (including phenoxy) is 1. The molecule has 2 N–H and O–H groups in total. The maximum absolute atomic E-state index is 12.9. The lowest BCUT2D eigenvalue weighted by atomic mass is 10.1. The summed E-state index contributed by atoms with van der Waals surface area (Å²) < 4.78 is 70.2. The maximum Gasteiger partial charge on any atom is 0.416 e. The van der Waals surface area contributed by atoms with Crippen molar-refractivity contribution < 1.29 is 36.2 Å². The van der Waals surface area contributed by atoms with E-state index in [9.17, 15) is 26.4 Å². The van der Waals surface area contributed by atoms with Crippen molar-refractivity contribution in [2.75, 3.05) is 11.8 Å². The molecule has 0 heterocycles. The number of alkyl halides is 3. The van der Waals surface area contributed by atoms with E-state index in [0.717, 1.165) is 18.2 Å². The lowest BCUT2D eigenvalue weighted by molar-refractivity contribution is -0.137. The summed E-state index contributed by atoms with van der Waals surface area (Å²) >= 11 is 5.85. The molecule has 0 fully saturated rings. The van der Waals surface area contributed by atoms with Crippen LogP contribution in [-0.4, -0.2) is 26.6 Å². The molecule has 11 heteroatoms. The molecule has 140 valence electrons. The first-order valence-corrected chi connectivity index (χ1v) is 8.62. The average Bonchev–Trinajstić information content (AvgIpc) is 2.53. The van der Waals surface area contributed by atoms with E-state index in [1.165, 1.54) is 13.2 Å². The molecule has 0 aliphatic carbocycles. The van der Waals surface area contributed by atoms with Crippen LogP contribution in [-0.2, 0) is 16.2 Å². The van der Waals surface area contributed by atoms with E-state index in [1.807, 2.05) is 4.72 Å². The highest BCUT2D eigenvalue weighted by atomic mass is 35.5. The van der Waals surface area contributed by atoms with Crippen LogP contribution in [0.4, 0.5) is 18.9 Å². The molecule has 2 aromatic carbocycles. The third kappa shape index (κ3) is 4.38. The molecular weight excluding hydrogens is 399 g/mol. The zero-order chi connectivity index (χ0) is 19.7. The molecule has 0 atom stereocenters. The van der Waals surface area contributed by atoms with Crippen molar-refractivity contribution in [3.8, 4) is 5.75 Å². The van der Waals surface area contributed by atoms with E-state index in [1.54, 1.807) is 0 Å². The van der Waals surface area contributed by atoms with Gasteiger partial charge in [-0.15, -0.1) is 0 Å². The fraction of sp³-hybridized carbons (Fsp3) is 0.133. The van der Waals surface area contributed by atoms with E-state index in [-0.39, 0.29) is 15.7 Å². The molecule has 0 radical (unpaired) electrons. The van der Waals surface area contributed by atoms with Crippen molar-refractivity contribution in [2.24, 2.45) is 0 Å². The van der Waals surface area contributed by atoms with Gasteiger partial charge in [0.1, 0.15) is 5.75 Å². The first-order valence-electron chi connectivity index (χ1n) is 6.76. The molecule has 0 aromatic heterocycles. The molecule has 0 amide bonds. The quantitative estimate of drug-likeness (QED) is 0.782. The second-order valence-electron chi connectivity index (χ2n) is 5.00. The van der Waals surface area contributed by atoms with Crippen LogP contribution in [0.25, 0.3) is 0 Å². The molecule has 0 aliphatic rings. The first kappa shape index (κ1) is 19.9. The van der Waals surface area contributed by atoms with Gasteiger partial charge in [-0.1, -0.05) is 11.6 Å². The molecule has 0 unspecified atom stereocenters. The molecule has 2 rings (SSSR count). The molecule has 0 aliphatic heterocycles. The second-order valence-corrected chi connectivity index (χ2v) is 7.09. The van der Waals surface area contributed by atoms with Crippen LogP contribution in [0.15, 0.2) is 41.3 Å². The van der Waals surface area contributed by atoms with Crippen LogP contribution >= 0.6 is 11.6 Å². The minimum Gasteiger partial charge on any atom is -0.495 e. The van der Waals surface area contributed by atoms with Crippen LogP contribution in [0.5, 0.6) is 5.75 Å². The van der Waals surface area contributed by atoms with Crippen LogP contribution in [0, 0.1) is 0 Å². The Morgan fingerprint density at radius 3 is 2.35 bits per heavy atom. The van der Waals surface area contributed by atoms with Gasteiger partial charge in [0.2, 0.25) is 0 Å². The minimum atomic E-state index is -4.85. The number of rotatable bonds is 5. The van der Waals surface area contributed by atoms with Crippen molar-refractivity contribution in [3.05, 3.63) is 52.5 Å². The van der Waals surface area contributed by atoms with Crippen molar-refractivity contribution >= 4 is 33.3 Å². The van der Waals surface area contributed by atoms with Crippen LogP contribution < -0.4 is 9.46 Å². The number of sulfonamides is 1. The Bertz CT molecular complexity index is 960. The highest BCUT2D eigenvalue weighted by Gasteiger charge is 2.32. The van der Waals surface area contributed by atoms with E-state index in [4.69, 9.17) is 21.4 Å². The fourth-order valence-electron chi connectivity index (χ4n) is 2.00. The van der Waals surface area contributed by atoms with Gasteiger partial charge >= 0.3 is 12.1 Å². The predicted molar refractivity (Wildman–Crippen MR) is 87.2 cm³/mol. The molecule has 0 spiro atoms. The van der Waals surface area contributed by atoms with Gasteiger partial charge in [0.25, 0.3) is 10.0 Å². The Morgan fingerprint density at radius 1 is 1.19 bits per heavy atom. The molecule has 26 heavy (non-hydrogen) atoms. The summed E-state index contributed by atoms with van der Waals surface area (Å²) in [5.41, 5.74) is -2.57. The van der Waals surface area contributed by atoms with E-state index in [0.29, 0.717) is 12.1 Å². The molecule has 2 aromatic rings. The second kappa shape index (κ2) is 7.04. The van der Waals surface area contributed by atoms with Crippen molar-refractivity contribution in [1.82, 2.24) is 0 Å². The van der Waals surface area contributed by atoms with Crippen molar-refractivity contribution in [3.63, 3.8) is 0 Å². The number of halogens is 4. The van der Waals surface area contributed by atoms with Gasteiger partial charge in [-0.2, -0.15) is 13.2 Å². The summed E-state index contributed by atoms with van der Waals surface area (Å²) in [7, 11) is -2.99. The monoisotopic (exact) mass is 409 g/mol. The van der Waals surface area contributed by atoms with E-state index in [2.05, 4.69) is 0 Å². The Balaban J connectivity index is 2.47. The van der Waals surface area contributed by atoms with E-state index < -0.39 is 39.0 Å². The Labute approximate surface area is 151 Å². The standard InChI is InChI=1S/C15H11ClF3NO5S/c1-25-13-3-2-11(7-12(13)16)26(23,24)20-10-5-8(14(21)22)4-9(6-10)15(17,18)19/h2-7,20H,1H3,(H,21,22). The molecular formula is C15H11ClF3NO5S. The highest BCUT2D eigenvalue weighted by molar-refractivity contribution is 7.92. The van der Waals surface area contributed by atoms with Crippen LogP contribution in [0.2, 0.25) is 5.02 Å². The van der Waals surface area contributed by atoms with Gasteiger partial charge in [0.05, 0.1) is 33.8 Å². The Hall–Kier alpha value is -2.46. The Morgan fingerprint density at radius 2 is 1.85 bits per heavy atom. The maximum atomic E-state index is 12.9. The lowest BCUT2D eigenvalue weighted by Gasteiger charge is -2.13. The van der Waals surface area contributed by atoms with E-state index >= 15 is 0 Å². The summed E-state index contributed by atoms with van der Waals surface area (Å²) in [6.45, 7) is 0. The number of hydrogen-bond acceptors (Lipinski definition) is 4. The number of carboxylic acids is 1. The Kier molecular flexibility index (Phi) is 5.38. The van der Waals surface area contributed by atoms with Gasteiger partial charge in [-0.3, -0.25) is 4.72 Å². The number of methoxy groups -OCH3 is 1. The fourth-order valence-corrected chi connectivity index (χ4v) is 3.39. The van der Waals surface area contributed by atoms with Crippen molar-refractivity contribution in [2.45, 2.75) is 11.1 Å². The number of aromatic carboxylic acids is 1. The number of anilines is 1. The number of benzene rings is 2. The molecule has 0 bridgehead atoms. The summed E-state index contributed by atoms with van der Waals surface area (Å²) in [4.78, 5) is 10.7. The number of hydrogen-bond donors (Lipinski definition) is 2. The zero-order valence-corrected chi connectivity index (χ0v) is 14.5. The topological polar surface area (TPSA) is 92.7 Å². The number of nitrogens with one attached hydrogen (secondary N) is 1. The largest absolute Gasteiger partial charge is 0.495 e.